The van der Waals surface area contributed by atoms with E-state index in [1.807, 2.05) is 0 Å². The maximum absolute atomic E-state index is 5.89. The highest BCUT2D eigenvalue weighted by Crippen LogP contribution is 2.26. The number of hydrogen-bond donors (Lipinski definition) is 2. The Bertz CT molecular complexity index is 278. The van der Waals surface area contributed by atoms with Crippen LogP contribution in [0.2, 0.25) is 0 Å². The largest absolute Gasteiger partial charge is 0.370 e. The van der Waals surface area contributed by atoms with Gasteiger partial charge in [0.25, 0.3) is 0 Å². The Balaban J connectivity index is 1.53. The highest BCUT2D eigenvalue weighted by atomic mass is 15.1. The molecule has 1 saturated carbocycles. The lowest BCUT2D eigenvalue weighted by atomic mass is 9.86. The second kappa shape index (κ2) is 7.73. The van der Waals surface area contributed by atoms with Gasteiger partial charge in [-0.2, -0.15) is 0 Å². The Morgan fingerprint density at radius 2 is 1.95 bits per heavy atom. The van der Waals surface area contributed by atoms with Crippen LogP contribution in [0.25, 0.3) is 0 Å². The fourth-order valence-corrected chi connectivity index (χ4v) is 2.95. The fourth-order valence-electron chi connectivity index (χ4n) is 2.95. The van der Waals surface area contributed by atoms with E-state index in [-0.39, 0.29) is 0 Å². The summed E-state index contributed by atoms with van der Waals surface area (Å²) in [5.74, 6) is 2.33. The highest BCUT2D eigenvalue weighted by molar-refractivity contribution is 5.77. The molecule has 2 aliphatic rings. The molecule has 0 amide bonds. The van der Waals surface area contributed by atoms with Gasteiger partial charge < -0.3 is 16.0 Å². The maximum atomic E-state index is 5.89. The van der Waals surface area contributed by atoms with Gasteiger partial charge >= 0.3 is 0 Å². The van der Waals surface area contributed by atoms with Gasteiger partial charge in [0.1, 0.15) is 0 Å². The minimum Gasteiger partial charge on any atom is -0.370 e. The summed E-state index contributed by atoms with van der Waals surface area (Å²) in [4.78, 5) is 6.97. The zero-order valence-electron chi connectivity index (χ0n) is 12.4. The Morgan fingerprint density at radius 1 is 1.21 bits per heavy atom. The molecule has 0 aromatic rings. The van der Waals surface area contributed by atoms with Crippen LogP contribution in [0.15, 0.2) is 4.99 Å². The SMILES string of the molecule is CCN1CCC(CCNC(N)=NCC2CCC2)CC1. The van der Waals surface area contributed by atoms with E-state index in [2.05, 4.69) is 22.1 Å². The van der Waals surface area contributed by atoms with Crippen molar-refractivity contribution in [3.8, 4) is 0 Å². The quantitative estimate of drug-likeness (QED) is 0.569. The third-order valence-corrected chi connectivity index (χ3v) is 4.76. The molecule has 1 aliphatic carbocycles. The maximum Gasteiger partial charge on any atom is 0.188 e. The average Bonchev–Trinajstić information content (AvgIpc) is 2.38. The highest BCUT2D eigenvalue weighted by Gasteiger charge is 2.18. The van der Waals surface area contributed by atoms with Crippen LogP contribution >= 0.6 is 0 Å². The van der Waals surface area contributed by atoms with Crippen molar-refractivity contribution in [2.45, 2.75) is 45.4 Å². The summed E-state index contributed by atoms with van der Waals surface area (Å²) in [5, 5.41) is 3.27. The number of guanidine groups is 1. The van der Waals surface area contributed by atoms with E-state index in [9.17, 15) is 0 Å². The predicted molar refractivity (Wildman–Crippen MR) is 81.3 cm³/mol. The number of likely N-dealkylation sites (tertiary alicyclic amines) is 1. The number of aliphatic imine (C=N–C) groups is 1. The number of nitrogens with two attached hydrogens (primary N) is 1. The van der Waals surface area contributed by atoms with Gasteiger partial charge in [0.2, 0.25) is 0 Å². The number of hydrogen-bond acceptors (Lipinski definition) is 2. The summed E-state index contributed by atoms with van der Waals surface area (Å²) in [6.07, 6.45) is 7.98. The lowest BCUT2D eigenvalue weighted by molar-refractivity contribution is 0.187. The second-order valence-electron chi connectivity index (χ2n) is 6.12. The van der Waals surface area contributed by atoms with E-state index in [4.69, 9.17) is 5.73 Å². The van der Waals surface area contributed by atoms with Gasteiger partial charge in [0.05, 0.1) is 0 Å². The van der Waals surface area contributed by atoms with Gasteiger partial charge in [-0.3, -0.25) is 4.99 Å². The molecule has 0 aromatic heterocycles. The molecule has 0 aromatic carbocycles. The van der Waals surface area contributed by atoms with Crippen LogP contribution in [0.4, 0.5) is 0 Å². The van der Waals surface area contributed by atoms with Crippen molar-refractivity contribution in [1.82, 2.24) is 10.2 Å². The van der Waals surface area contributed by atoms with Crippen molar-refractivity contribution in [1.29, 1.82) is 0 Å². The van der Waals surface area contributed by atoms with Gasteiger partial charge in [-0.05, 0) is 63.6 Å². The molecule has 2 fully saturated rings. The number of nitrogens with one attached hydrogen (secondary N) is 1. The first-order chi connectivity index (χ1) is 9.28. The summed E-state index contributed by atoms with van der Waals surface area (Å²) in [6.45, 7) is 7.90. The normalized spacial score (nSPS) is 23.3. The third-order valence-electron chi connectivity index (χ3n) is 4.76. The first-order valence-electron chi connectivity index (χ1n) is 8.04. The summed E-state index contributed by atoms with van der Waals surface area (Å²) < 4.78 is 0. The summed E-state index contributed by atoms with van der Waals surface area (Å²) in [6, 6.07) is 0. The zero-order chi connectivity index (χ0) is 13.5. The van der Waals surface area contributed by atoms with Gasteiger partial charge in [0.15, 0.2) is 5.96 Å². The first kappa shape index (κ1) is 14.6. The van der Waals surface area contributed by atoms with E-state index in [1.165, 1.54) is 58.2 Å². The number of rotatable bonds is 6. The van der Waals surface area contributed by atoms with Crippen molar-refractivity contribution in [2.24, 2.45) is 22.6 Å². The summed E-state index contributed by atoms with van der Waals surface area (Å²) in [7, 11) is 0. The Hall–Kier alpha value is -0.770. The van der Waals surface area contributed by atoms with E-state index in [0.717, 1.165) is 24.9 Å². The van der Waals surface area contributed by atoms with E-state index >= 15 is 0 Å². The predicted octanol–water partition coefficient (Wildman–Crippen LogP) is 1.81. The molecule has 0 atom stereocenters. The average molecular weight is 266 g/mol. The standard InChI is InChI=1S/C15H30N4/c1-2-19-10-7-13(8-11-19)6-9-17-15(16)18-12-14-4-3-5-14/h13-14H,2-12H2,1H3,(H3,16,17,18). The molecule has 1 saturated heterocycles. The zero-order valence-corrected chi connectivity index (χ0v) is 12.4. The molecule has 4 nitrogen and oxygen atoms in total. The number of nitrogens with zero attached hydrogens (tertiary/aromatic N) is 2. The minimum absolute atomic E-state index is 0.651. The van der Waals surface area contributed by atoms with Crippen molar-refractivity contribution in [3.63, 3.8) is 0 Å². The fraction of sp³-hybridized carbons (Fsp3) is 0.933. The molecule has 19 heavy (non-hydrogen) atoms. The van der Waals surface area contributed by atoms with Crippen molar-refractivity contribution >= 4 is 5.96 Å². The molecule has 0 unspecified atom stereocenters. The molecule has 110 valence electrons. The Morgan fingerprint density at radius 3 is 2.53 bits per heavy atom. The summed E-state index contributed by atoms with van der Waals surface area (Å²) >= 11 is 0. The molecule has 1 aliphatic heterocycles. The van der Waals surface area contributed by atoms with Crippen molar-refractivity contribution in [2.75, 3.05) is 32.7 Å². The van der Waals surface area contributed by atoms with Gasteiger partial charge in [-0.15, -0.1) is 0 Å². The molecule has 0 bridgehead atoms. The van der Waals surface area contributed by atoms with E-state index in [1.54, 1.807) is 0 Å². The van der Waals surface area contributed by atoms with Crippen LogP contribution in [0.3, 0.4) is 0 Å². The van der Waals surface area contributed by atoms with Crippen molar-refractivity contribution in [3.05, 3.63) is 0 Å². The minimum atomic E-state index is 0.651. The molecular weight excluding hydrogens is 236 g/mol. The van der Waals surface area contributed by atoms with Crippen LogP contribution in [-0.4, -0.2) is 43.6 Å². The molecular formula is C15H30N4. The Kier molecular flexibility index (Phi) is 5.95. The van der Waals surface area contributed by atoms with Gasteiger partial charge in [-0.1, -0.05) is 13.3 Å². The van der Waals surface area contributed by atoms with Crippen LogP contribution in [0.1, 0.15) is 45.4 Å². The van der Waals surface area contributed by atoms with Crippen LogP contribution < -0.4 is 11.1 Å². The smallest absolute Gasteiger partial charge is 0.188 e. The lowest BCUT2D eigenvalue weighted by Crippen LogP contribution is -2.37. The lowest BCUT2D eigenvalue weighted by Gasteiger charge is -2.31. The molecule has 4 heteroatoms. The molecule has 1 heterocycles. The second-order valence-corrected chi connectivity index (χ2v) is 6.12. The number of piperidine rings is 1. The summed E-state index contributed by atoms with van der Waals surface area (Å²) in [5.41, 5.74) is 5.89. The van der Waals surface area contributed by atoms with Crippen LogP contribution in [0.5, 0.6) is 0 Å². The van der Waals surface area contributed by atoms with Crippen LogP contribution in [-0.2, 0) is 0 Å². The van der Waals surface area contributed by atoms with Crippen LogP contribution in [0, 0.1) is 11.8 Å². The van der Waals surface area contributed by atoms with Gasteiger partial charge in [0, 0.05) is 13.1 Å². The van der Waals surface area contributed by atoms with Gasteiger partial charge in [-0.25, -0.2) is 0 Å². The molecule has 0 radical (unpaired) electrons. The van der Waals surface area contributed by atoms with E-state index < -0.39 is 0 Å². The molecule has 3 N–H and O–H groups in total. The monoisotopic (exact) mass is 266 g/mol. The Labute approximate surface area is 117 Å². The van der Waals surface area contributed by atoms with Crippen molar-refractivity contribution < 1.29 is 0 Å². The first-order valence-corrected chi connectivity index (χ1v) is 8.04. The third kappa shape index (κ3) is 5.01. The van der Waals surface area contributed by atoms with E-state index in [0.29, 0.717) is 5.96 Å². The molecule has 2 rings (SSSR count). The topological polar surface area (TPSA) is 53.6 Å². The molecule has 0 spiro atoms.